The van der Waals surface area contributed by atoms with Crippen molar-refractivity contribution in [2.24, 2.45) is 5.84 Å². The number of hydrogen-bond donors (Lipinski definition) is 2. The molecule has 0 aliphatic rings. The summed E-state index contributed by atoms with van der Waals surface area (Å²) >= 11 is 3.35. The van der Waals surface area contributed by atoms with Gasteiger partial charge in [-0.15, -0.1) is 0 Å². The summed E-state index contributed by atoms with van der Waals surface area (Å²) in [7, 11) is 0. The van der Waals surface area contributed by atoms with Crippen LogP contribution in [0.1, 0.15) is 39.7 Å². The number of benzene rings is 1. The van der Waals surface area contributed by atoms with Crippen LogP contribution in [0.2, 0.25) is 0 Å². The Morgan fingerprint density at radius 3 is 2.33 bits per heavy atom. The fourth-order valence-corrected chi connectivity index (χ4v) is 3.57. The monoisotopic (exact) mass is 359 g/mol. The molecule has 3 N–H and O–H groups in total. The summed E-state index contributed by atoms with van der Waals surface area (Å²) in [6.45, 7) is 10.6. The molecule has 0 fully saturated rings. The number of nitrogens with one attached hydrogen (secondary N) is 1. The van der Waals surface area contributed by atoms with E-state index < -0.39 is 0 Å². The van der Waals surface area contributed by atoms with Crippen molar-refractivity contribution in [1.29, 1.82) is 0 Å². The zero-order valence-electron chi connectivity index (χ0n) is 13.4. The molecule has 0 spiro atoms. The van der Waals surface area contributed by atoms with Gasteiger partial charge in [-0.05, 0) is 56.6 Å². The van der Waals surface area contributed by atoms with E-state index in [4.69, 9.17) is 5.84 Å². The first-order chi connectivity index (χ1) is 9.90. The fraction of sp³-hybridized carbons (Fsp3) is 0.625. The second kappa shape index (κ2) is 8.22. The van der Waals surface area contributed by atoms with Crippen LogP contribution in [0.25, 0.3) is 0 Å². The molecule has 2 unspecified atom stereocenters. The number of hydrogen-bond acceptors (Lipinski definition) is 3. The molecule has 120 valence electrons. The van der Waals surface area contributed by atoms with Crippen molar-refractivity contribution in [3.63, 3.8) is 0 Å². The van der Waals surface area contributed by atoms with Gasteiger partial charge in [-0.1, -0.05) is 36.7 Å². The molecule has 1 rings (SSSR count). The molecule has 0 heterocycles. The normalized spacial score (nSPS) is 16.0. The molecular weight excluding hydrogens is 333 g/mol. The van der Waals surface area contributed by atoms with E-state index in [9.17, 15) is 4.39 Å². The van der Waals surface area contributed by atoms with Crippen LogP contribution in [0.3, 0.4) is 0 Å². The van der Waals surface area contributed by atoms with Gasteiger partial charge in [0.2, 0.25) is 0 Å². The van der Waals surface area contributed by atoms with Gasteiger partial charge >= 0.3 is 0 Å². The molecule has 0 saturated carbocycles. The first kappa shape index (κ1) is 18.6. The molecule has 0 amide bonds. The molecule has 5 heteroatoms. The lowest BCUT2D eigenvalue weighted by atomic mass is 9.83. The summed E-state index contributed by atoms with van der Waals surface area (Å²) in [5, 5.41) is 0. The second-order valence-corrected chi connectivity index (χ2v) is 6.50. The summed E-state index contributed by atoms with van der Waals surface area (Å²) in [4.78, 5) is 2.41. The molecule has 0 bridgehead atoms. The average molecular weight is 360 g/mol. The highest BCUT2D eigenvalue weighted by atomic mass is 79.9. The minimum atomic E-state index is -0.226. The van der Waals surface area contributed by atoms with Gasteiger partial charge in [0.25, 0.3) is 0 Å². The molecule has 21 heavy (non-hydrogen) atoms. The Labute approximate surface area is 136 Å². The highest BCUT2D eigenvalue weighted by Gasteiger charge is 2.36. The smallest absolute Gasteiger partial charge is 0.124 e. The van der Waals surface area contributed by atoms with E-state index in [-0.39, 0.29) is 17.4 Å². The van der Waals surface area contributed by atoms with Gasteiger partial charge in [-0.3, -0.25) is 16.2 Å². The predicted molar refractivity (Wildman–Crippen MR) is 90.5 cm³/mol. The lowest BCUT2D eigenvalue weighted by Crippen LogP contribution is -2.61. The minimum absolute atomic E-state index is 0.0519. The van der Waals surface area contributed by atoms with Gasteiger partial charge < -0.3 is 0 Å². The number of rotatable bonds is 8. The van der Waals surface area contributed by atoms with E-state index in [2.05, 4.69) is 54.0 Å². The minimum Gasteiger partial charge on any atom is -0.297 e. The van der Waals surface area contributed by atoms with E-state index in [1.165, 1.54) is 6.07 Å². The van der Waals surface area contributed by atoms with Crippen LogP contribution in [0.15, 0.2) is 22.7 Å². The van der Waals surface area contributed by atoms with Crippen LogP contribution in [0.4, 0.5) is 4.39 Å². The quantitative estimate of drug-likeness (QED) is 0.551. The fourth-order valence-electron chi connectivity index (χ4n) is 3.06. The Bertz CT molecular complexity index is 431. The third-order valence-corrected chi connectivity index (χ3v) is 4.97. The van der Waals surface area contributed by atoms with E-state index in [1.54, 1.807) is 6.07 Å². The van der Waals surface area contributed by atoms with Gasteiger partial charge in [-0.2, -0.15) is 0 Å². The molecule has 0 radical (unpaired) electrons. The zero-order chi connectivity index (χ0) is 16.0. The van der Waals surface area contributed by atoms with E-state index in [1.807, 2.05) is 6.07 Å². The summed E-state index contributed by atoms with van der Waals surface area (Å²) < 4.78 is 14.3. The Morgan fingerprint density at radius 2 is 1.90 bits per heavy atom. The SMILES string of the molecule is CCN(CC)C(C)(CC)C(Cc1cc(F)cc(Br)c1)NN. The number of hydrazine groups is 1. The largest absolute Gasteiger partial charge is 0.297 e. The van der Waals surface area contributed by atoms with Gasteiger partial charge in [0.05, 0.1) is 0 Å². The first-order valence-corrected chi connectivity index (χ1v) is 8.36. The lowest BCUT2D eigenvalue weighted by molar-refractivity contribution is 0.0701. The van der Waals surface area contributed by atoms with Crippen molar-refractivity contribution < 1.29 is 4.39 Å². The van der Waals surface area contributed by atoms with Crippen LogP contribution in [-0.4, -0.2) is 29.6 Å². The van der Waals surface area contributed by atoms with Crippen molar-refractivity contribution in [3.8, 4) is 0 Å². The standard InChI is InChI=1S/C16H27BrFN3/c1-5-16(4,21(6-2)7-3)15(20-19)10-12-8-13(17)11-14(18)9-12/h8-9,11,15,20H,5-7,10,19H2,1-4H3. The Kier molecular flexibility index (Phi) is 7.27. The van der Waals surface area contributed by atoms with Crippen LogP contribution >= 0.6 is 15.9 Å². The molecule has 3 nitrogen and oxygen atoms in total. The van der Waals surface area contributed by atoms with E-state index in [0.717, 1.165) is 29.5 Å². The molecule has 1 aromatic rings. The van der Waals surface area contributed by atoms with Gasteiger partial charge in [0.1, 0.15) is 5.82 Å². The van der Waals surface area contributed by atoms with E-state index >= 15 is 0 Å². The van der Waals surface area contributed by atoms with Gasteiger partial charge in [-0.25, -0.2) is 4.39 Å². The molecule has 1 aromatic carbocycles. The van der Waals surface area contributed by atoms with Gasteiger partial charge in [0.15, 0.2) is 0 Å². The van der Waals surface area contributed by atoms with Crippen molar-refractivity contribution in [2.45, 2.75) is 52.1 Å². The van der Waals surface area contributed by atoms with Crippen molar-refractivity contribution >= 4 is 15.9 Å². The van der Waals surface area contributed by atoms with Crippen LogP contribution in [-0.2, 0) is 6.42 Å². The molecule has 0 saturated heterocycles. The average Bonchev–Trinajstić information content (AvgIpc) is 2.44. The van der Waals surface area contributed by atoms with Crippen LogP contribution in [0, 0.1) is 5.82 Å². The number of nitrogens with zero attached hydrogens (tertiary/aromatic N) is 1. The molecule has 0 aliphatic carbocycles. The summed E-state index contributed by atoms with van der Waals surface area (Å²) in [5.41, 5.74) is 3.82. The predicted octanol–water partition coefficient (Wildman–Crippen LogP) is 3.47. The topological polar surface area (TPSA) is 41.3 Å². The third-order valence-electron chi connectivity index (χ3n) is 4.52. The van der Waals surface area contributed by atoms with Crippen LogP contribution < -0.4 is 11.3 Å². The molecular formula is C16H27BrFN3. The first-order valence-electron chi connectivity index (χ1n) is 7.57. The summed E-state index contributed by atoms with van der Waals surface area (Å²) in [6.07, 6.45) is 1.66. The maximum atomic E-state index is 13.6. The number of halogens is 2. The molecule has 0 aliphatic heterocycles. The molecule has 2 atom stereocenters. The highest BCUT2D eigenvalue weighted by Crippen LogP contribution is 2.26. The van der Waals surface area contributed by atoms with Crippen LogP contribution in [0.5, 0.6) is 0 Å². The summed E-state index contributed by atoms with van der Waals surface area (Å²) in [6, 6.07) is 5.05. The Morgan fingerprint density at radius 1 is 1.29 bits per heavy atom. The van der Waals surface area contributed by atoms with Crippen molar-refractivity contribution in [2.75, 3.05) is 13.1 Å². The lowest BCUT2D eigenvalue weighted by Gasteiger charge is -2.45. The second-order valence-electron chi connectivity index (χ2n) is 5.58. The zero-order valence-corrected chi connectivity index (χ0v) is 15.0. The molecule has 0 aromatic heterocycles. The van der Waals surface area contributed by atoms with Crippen molar-refractivity contribution in [3.05, 3.63) is 34.1 Å². The maximum Gasteiger partial charge on any atom is 0.124 e. The third kappa shape index (κ3) is 4.49. The number of nitrogens with two attached hydrogens (primary N) is 1. The van der Waals surface area contributed by atoms with E-state index in [0.29, 0.717) is 6.42 Å². The Hall–Kier alpha value is -0.490. The number of likely N-dealkylation sites (N-methyl/N-ethyl adjacent to an activating group) is 1. The summed E-state index contributed by atoms with van der Waals surface area (Å²) in [5.74, 6) is 5.60. The van der Waals surface area contributed by atoms with Gasteiger partial charge in [0, 0.05) is 16.1 Å². The van der Waals surface area contributed by atoms with Crippen molar-refractivity contribution in [1.82, 2.24) is 10.3 Å². The highest BCUT2D eigenvalue weighted by molar-refractivity contribution is 9.10. The maximum absolute atomic E-state index is 13.6. The Balaban J connectivity index is 3.04.